The molecule has 1 aromatic carbocycles. The third-order valence-electron chi connectivity index (χ3n) is 2.96. The number of carboxylic acid groups (broad SMARTS) is 1. The van der Waals surface area contributed by atoms with Gasteiger partial charge in [0.15, 0.2) is 0 Å². The van der Waals surface area contributed by atoms with E-state index in [0.717, 1.165) is 0 Å². The van der Waals surface area contributed by atoms with Crippen LogP contribution >= 0.6 is 0 Å². The maximum atomic E-state index is 11.1. The Labute approximate surface area is 119 Å². The predicted octanol–water partition coefficient (Wildman–Crippen LogP) is 2.44. The smallest absolute Gasteiger partial charge is 0.353 e. The third kappa shape index (κ3) is 2.69. The highest BCUT2D eigenvalue weighted by molar-refractivity contribution is 5.89. The summed E-state index contributed by atoms with van der Waals surface area (Å²) in [4.78, 5) is 21.4. The van der Waals surface area contributed by atoms with E-state index in [-0.39, 0.29) is 22.8 Å². The van der Waals surface area contributed by atoms with Gasteiger partial charge in [-0.3, -0.25) is 10.1 Å². The summed E-state index contributed by atoms with van der Waals surface area (Å²) < 4.78 is 6.78. The lowest BCUT2D eigenvalue weighted by molar-refractivity contribution is -0.386. The maximum Gasteiger partial charge on any atom is 0.353 e. The first-order valence-electron chi connectivity index (χ1n) is 6.01. The van der Waals surface area contributed by atoms with Gasteiger partial charge in [0.2, 0.25) is 0 Å². The van der Waals surface area contributed by atoms with E-state index in [9.17, 15) is 14.9 Å². The van der Waals surface area contributed by atoms with Crippen molar-refractivity contribution < 1.29 is 19.6 Å². The molecule has 0 saturated heterocycles. The van der Waals surface area contributed by atoms with Crippen LogP contribution in [-0.4, -0.2) is 25.8 Å². The standard InChI is InChI=1S/C13H13N3O5/c1-7-6-9(4-5-10(7)13(17)18)21-12-11(16(19)20)8(2)14-15(12)3/h4-6H,1-3H3,(H,17,18). The molecule has 0 spiro atoms. The summed E-state index contributed by atoms with van der Waals surface area (Å²) in [7, 11) is 1.54. The van der Waals surface area contributed by atoms with Gasteiger partial charge in [-0.25, -0.2) is 9.48 Å². The zero-order valence-corrected chi connectivity index (χ0v) is 11.7. The number of rotatable bonds is 4. The number of aromatic nitrogens is 2. The Morgan fingerprint density at radius 2 is 2.10 bits per heavy atom. The number of aromatic carboxylic acids is 1. The molecule has 0 bridgehead atoms. The van der Waals surface area contributed by atoms with Crippen LogP contribution in [-0.2, 0) is 7.05 Å². The van der Waals surface area contributed by atoms with Gasteiger partial charge in [-0.15, -0.1) is 0 Å². The van der Waals surface area contributed by atoms with E-state index in [1.165, 1.54) is 36.9 Å². The molecule has 1 heterocycles. The molecular weight excluding hydrogens is 278 g/mol. The highest BCUT2D eigenvalue weighted by atomic mass is 16.6. The summed E-state index contributed by atoms with van der Waals surface area (Å²) in [5.74, 6) is -0.731. The number of benzene rings is 1. The summed E-state index contributed by atoms with van der Waals surface area (Å²) in [5.41, 5.74) is 0.688. The zero-order chi connectivity index (χ0) is 15.7. The molecule has 8 heteroatoms. The minimum atomic E-state index is -1.04. The van der Waals surface area contributed by atoms with Gasteiger partial charge in [-0.05, 0) is 37.6 Å². The molecule has 0 saturated carbocycles. The van der Waals surface area contributed by atoms with E-state index in [1.54, 1.807) is 6.92 Å². The molecule has 0 amide bonds. The van der Waals surface area contributed by atoms with E-state index in [4.69, 9.17) is 9.84 Å². The molecule has 0 unspecified atom stereocenters. The number of ether oxygens (including phenoxy) is 1. The Balaban J connectivity index is 2.41. The molecule has 0 fully saturated rings. The Hall–Kier alpha value is -2.90. The van der Waals surface area contributed by atoms with Crippen molar-refractivity contribution in [3.63, 3.8) is 0 Å². The molecule has 2 rings (SSSR count). The van der Waals surface area contributed by atoms with E-state index < -0.39 is 10.9 Å². The van der Waals surface area contributed by atoms with Crippen LogP contribution in [0.3, 0.4) is 0 Å². The number of nitro groups is 1. The van der Waals surface area contributed by atoms with Crippen LogP contribution in [0.2, 0.25) is 0 Å². The van der Waals surface area contributed by atoms with Crippen LogP contribution in [0, 0.1) is 24.0 Å². The largest absolute Gasteiger partial charge is 0.478 e. The Morgan fingerprint density at radius 1 is 1.43 bits per heavy atom. The molecule has 0 aliphatic carbocycles. The van der Waals surface area contributed by atoms with Gasteiger partial charge in [-0.2, -0.15) is 5.10 Å². The molecule has 1 aromatic heterocycles. The SMILES string of the molecule is Cc1cc(Oc2c([N+](=O)[O-])c(C)nn2C)ccc1C(=O)O. The van der Waals surface area contributed by atoms with Crippen LogP contribution in [0.15, 0.2) is 18.2 Å². The van der Waals surface area contributed by atoms with Crippen LogP contribution in [0.25, 0.3) is 0 Å². The van der Waals surface area contributed by atoms with Crippen molar-refractivity contribution in [3.05, 3.63) is 45.1 Å². The second-order valence-electron chi connectivity index (χ2n) is 4.50. The van der Waals surface area contributed by atoms with E-state index >= 15 is 0 Å². The first kappa shape index (κ1) is 14.5. The number of aryl methyl sites for hydroxylation is 3. The van der Waals surface area contributed by atoms with Gasteiger partial charge in [-0.1, -0.05) is 0 Å². The minimum absolute atomic E-state index is 0.0000231. The quantitative estimate of drug-likeness (QED) is 0.684. The van der Waals surface area contributed by atoms with Crippen molar-refractivity contribution >= 4 is 11.7 Å². The highest BCUT2D eigenvalue weighted by Gasteiger charge is 2.26. The molecule has 2 aromatic rings. The number of hydrogen-bond acceptors (Lipinski definition) is 5. The predicted molar refractivity (Wildman–Crippen MR) is 72.8 cm³/mol. The molecule has 0 atom stereocenters. The van der Waals surface area contributed by atoms with Crippen molar-refractivity contribution in [2.75, 3.05) is 0 Å². The normalized spacial score (nSPS) is 10.4. The number of hydrogen-bond donors (Lipinski definition) is 1. The van der Waals surface area contributed by atoms with Gasteiger partial charge in [0.05, 0.1) is 10.5 Å². The second-order valence-corrected chi connectivity index (χ2v) is 4.50. The topological polar surface area (TPSA) is 107 Å². The summed E-state index contributed by atoms with van der Waals surface area (Å²) in [6, 6.07) is 4.35. The summed E-state index contributed by atoms with van der Waals surface area (Å²) >= 11 is 0. The van der Waals surface area contributed by atoms with Crippen molar-refractivity contribution in [3.8, 4) is 11.6 Å². The molecule has 1 N–H and O–H groups in total. The molecule has 110 valence electrons. The van der Waals surface area contributed by atoms with Crippen molar-refractivity contribution in [2.45, 2.75) is 13.8 Å². The van der Waals surface area contributed by atoms with Gasteiger partial charge in [0.1, 0.15) is 11.4 Å². The van der Waals surface area contributed by atoms with Gasteiger partial charge < -0.3 is 9.84 Å². The van der Waals surface area contributed by atoms with Crippen LogP contribution in [0.5, 0.6) is 11.6 Å². The number of carbonyl (C=O) groups is 1. The van der Waals surface area contributed by atoms with Crippen LogP contribution < -0.4 is 4.74 Å². The first-order valence-corrected chi connectivity index (χ1v) is 6.01. The summed E-state index contributed by atoms with van der Waals surface area (Å²) in [5, 5.41) is 24.0. The average Bonchev–Trinajstić information content (AvgIpc) is 2.63. The minimum Gasteiger partial charge on any atom is -0.478 e. The number of nitrogens with zero attached hydrogens (tertiary/aromatic N) is 3. The molecule has 8 nitrogen and oxygen atoms in total. The summed E-state index contributed by atoms with van der Waals surface area (Å²) in [6.45, 7) is 3.14. The third-order valence-corrected chi connectivity index (χ3v) is 2.96. The van der Waals surface area contributed by atoms with E-state index in [2.05, 4.69) is 5.10 Å². The van der Waals surface area contributed by atoms with Crippen molar-refractivity contribution in [1.82, 2.24) is 9.78 Å². The summed E-state index contributed by atoms with van der Waals surface area (Å²) in [6.07, 6.45) is 0. The number of carboxylic acids is 1. The second kappa shape index (κ2) is 5.23. The Kier molecular flexibility index (Phi) is 3.62. The van der Waals surface area contributed by atoms with Gasteiger partial charge in [0.25, 0.3) is 5.88 Å². The first-order chi connectivity index (χ1) is 9.81. The average molecular weight is 291 g/mol. The van der Waals surface area contributed by atoms with E-state index in [1.807, 2.05) is 0 Å². The molecule has 0 radical (unpaired) electrons. The molecule has 21 heavy (non-hydrogen) atoms. The Bertz CT molecular complexity index is 736. The lowest BCUT2D eigenvalue weighted by Gasteiger charge is -2.07. The van der Waals surface area contributed by atoms with Gasteiger partial charge in [0, 0.05) is 7.05 Å². The lowest BCUT2D eigenvalue weighted by Crippen LogP contribution is -2.01. The van der Waals surface area contributed by atoms with Crippen LogP contribution in [0.1, 0.15) is 21.6 Å². The van der Waals surface area contributed by atoms with Crippen molar-refractivity contribution in [2.24, 2.45) is 7.05 Å². The monoisotopic (exact) mass is 291 g/mol. The van der Waals surface area contributed by atoms with Crippen LogP contribution in [0.4, 0.5) is 5.69 Å². The van der Waals surface area contributed by atoms with E-state index in [0.29, 0.717) is 11.3 Å². The van der Waals surface area contributed by atoms with Gasteiger partial charge >= 0.3 is 11.7 Å². The molecular formula is C13H13N3O5. The molecule has 0 aliphatic heterocycles. The fourth-order valence-electron chi connectivity index (χ4n) is 2.00. The molecule has 0 aliphatic rings. The van der Waals surface area contributed by atoms with Crippen molar-refractivity contribution in [1.29, 1.82) is 0 Å². The highest BCUT2D eigenvalue weighted by Crippen LogP contribution is 2.33. The fourth-order valence-corrected chi connectivity index (χ4v) is 2.00. The lowest BCUT2D eigenvalue weighted by atomic mass is 10.1. The zero-order valence-electron chi connectivity index (χ0n) is 11.7. The fraction of sp³-hybridized carbons (Fsp3) is 0.231. The maximum absolute atomic E-state index is 11.1. The Morgan fingerprint density at radius 3 is 2.62 bits per heavy atom.